The van der Waals surface area contributed by atoms with Crippen molar-refractivity contribution in [1.82, 2.24) is 19.9 Å². The van der Waals surface area contributed by atoms with E-state index >= 15 is 0 Å². The van der Waals surface area contributed by atoms with Crippen molar-refractivity contribution in [2.24, 2.45) is 0 Å². The molecule has 0 spiro atoms. The molecule has 4 heterocycles. The van der Waals surface area contributed by atoms with E-state index < -0.39 is 0 Å². The van der Waals surface area contributed by atoms with E-state index in [1.807, 2.05) is 85.1 Å². The van der Waals surface area contributed by atoms with Gasteiger partial charge < -0.3 is 8.83 Å². The lowest BCUT2D eigenvalue weighted by Crippen LogP contribution is -2.01. The van der Waals surface area contributed by atoms with Crippen LogP contribution in [0.3, 0.4) is 0 Å². The van der Waals surface area contributed by atoms with Gasteiger partial charge in [-0.1, -0.05) is 133 Å². The van der Waals surface area contributed by atoms with Crippen LogP contribution >= 0.6 is 0 Å². The standard InChI is InChI=1S/C50H30N4O2/c1-2-11-32(12-3-1)48-52-49(54-50(53-48)41-16-5-4-14-36(41)35-13-10-28-51-30-35)33-22-20-31(21-23-33)37-26-27-38(47-46(37)42-17-7-9-19-44(42)56-47)34-24-25-40-39-15-6-8-18-43(39)55-45(40)29-34/h1-30H. The highest BCUT2D eigenvalue weighted by Crippen LogP contribution is 2.43. The predicted octanol–water partition coefficient (Wildman–Crippen LogP) is 13.1. The van der Waals surface area contributed by atoms with Gasteiger partial charge in [0.25, 0.3) is 0 Å². The van der Waals surface area contributed by atoms with Gasteiger partial charge in [-0.05, 0) is 58.7 Å². The summed E-state index contributed by atoms with van der Waals surface area (Å²) in [4.78, 5) is 19.5. The first-order valence-electron chi connectivity index (χ1n) is 18.5. The number of aromatic nitrogens is 4. The Balaban J connectivity index is 1.03. The van der Waals surface area contributed by atoms with Gasteiger partial charge in [0.2, 0.25) is 0 Å². The lowest BCUT2D eigenvalue weighted by molar-refractivity contribution is 0.668. The van der Waals surface area contributed by atoms with E-state index in [9.17, 15) is 0 Å². The smallest absolute Gasteiger partial charge is 0.164 e. The minimum absolute atomic E-state index is 0.594. The first-order chi connectivity index (χ1) is 27.7. The van der Waals surface area contributed by atoms with Crippen LogP contribution in [0.2, 0.25) is 0 Å². The highest BCUT2D eigenvalue weighted by atomic mass is 16.3. The van der Waals surface area contributed by atoms with Crippen LogP contribution < -0.4 is 0 Å². The number of furan rings is 2. The van der Waals surface area contributed by atoms with Gasteiger partial charge in [-0.25, -0.2) is 15.0 Å². The molecule has 0 fully saturated rings. The van der Waals surface area contributed by atoms with Gasteiger partial charge in [-0.2, -0.15) is 0 Å². The highest BCUT2D eigenvalue weighted by molar-refractivity contribution is 6.17. The van der Waals surface area contributed by atoms with E-state index in [4.69, 9.17) is 23.8 Å². The molecule has 0 aliphatic heterocycles. The molecular formula is C50H30N4O2. The molecule has 4 aromatic heterocycles. The fourth-order valence-electron chi connectivity index (χ4n) is 7.78. The number of nitrogens with zero attached hydrogens (tertiary/aromatic N) is 4. The quantitative estimate of drug-likeness (QED) is 0.170. The number of hydrogen-bond donors (Lipinski definition) is 0. The van der Waals surface area contributed by atoms with E-state index in [-0.39, 0.29) is 0 Å². The van der Waals surface area contributed by atoms with Gasteiger partial charge in [0.05, 0.1) is 0 Å². The number of pyridine rings is 1. The van der Waals surface area contributed by atoms with Crippen LogP contribution in [0.25, 0.3) is 111 Å². The molecular weight excluding hydrogens is 689 g/mol. The molecule has 0 N–H and O–H groups in total. The summed E-state index contributed by atoms with van der Waals surface area (Å²) < 4.78 is 12.9. The summed E-state index contributed by atoms with van der Waals surface area (Å²) in [5, 5.41) is 4.34. The van der Waals surface area contributed by atoms with Crippen LogP contribution in [0.1, 0.15) is 0 Å². The minimum Gasteiger partial charge on any atom is -0.456 e. The van der Waals surface area contributed by atoms with E-state index in [1.54, 1.807) is 6.20 Å². The fourth-order valence-corrected chi connectivity index (χ4v) is 7.78. The van der Waals surface area contributed by atoms with Crippen molar-refractivity contribution in [3.05, 3.63) is 182 Å². The molecule has 0 unspecified atom stereocenters. The summed E-state index contributed by atoms with van der Waals surface area (Å²) in [7, 11) is 0. The zero-order valence-electron chi connectivity index (χ0n) is 29.9. The largest absolute Gasteiger partial charge is 0.456 e. The summed E-state index contributed by atoms with van der Waals surface area (Å²) in [6.07, 6.45) is 3.64. The van der Waals surface area contributed by atoms with E-state index in [1.165, 1.54) is 0 Å². The fraction of sp³-hybridized carbons (Fsp3) is 0. The summed E-state index contributed by atoms with van der Waals surface area (Å²) in [5.74, 6) is 1.80. The Morgan fingerprint density at radius 2 is 0.929 bits per heavy atom. The number of benzene rings is 7. The second-order valence-corrected chi connectivity index (χ2v) is 13.8. The minimum atomic E-state index is 0.594. The van der Waals surface area contributed by atoms with Crippen molar-refractivity contribution in [2.45, 2.75) is 0 Å². The first kappa shape index (κ1) is 31.8. The average Bonchev–Trinajstić information content (AvgIpc) is 3.85. The molecule has 0 amide bonds. The SMILES string of the molecule is c1ccc(-c2nc(-c3ccc(-c4ccc(-c5ccc6c(c5)oc5ccccc56)c5oc6ccccc6c45)cc3)nc(-c3ccccc3-c3cccnc3)n2)cc1. The Morgan fingerprint density at radius 3 is 1.71 bits per heavy atom. The molecule has 11 aromatic rings. The van der Waals surface area contributed by atoms with Crippen molar-refractivity contribution < 1.29 is 8.83 Å². The molecule has 7 aromatic carbocycles. The normalized spacial score (nSPS) is 11.6. The van der Waals surface area contributed by atoms with Crippen LogP contribution in [0.4, 0.5) is 0 Å². The van der Waals surface area contributed by atoms with Gasteiger partial charge >= 0.3 is 0 Å². The molecule has 0 atom stereocenters. The molecule has 6 nitrogen and oxygen atoms in total. The topological polar surface area (TPSA) is 77.8 Å². The van der Waals surface area contributed by atoms with E-state index in [0.29, 0.717) is 17.5 Å². The van der Waals surface area contributed by atoms with Gasteiger partial charge in [0, 0.05) is 61.8 Å². The van der Waals surface area contributed by atoms with E-state index in [0.717, 1.165) is 93.9 Å². The highest BCUT2D eigenvalue weighted by Gasteiger charge is 2.20. The lowest BCUT2D eigenvalue weighted by atomic mass is 9.94. The summed E-state index contributed by atoms with van der Waals surface area (Å²) in [5.41, 5.74) is 12.3. The molecule has 262 valence electrons. The Kier molecular flexibility index (Phi) is 7.38. The molecule has 11 rings (SSSR count). The summed E-state index contributed by atoms with van der Waals surface area (Å²) >= 11 is 0. The van der Waals surface area contributed by atoms with Gasteiger partial charge in [-0.15, -0.1) is 0 Å². The van der Waals surface area contributed by atoms with Crippen molar-refractivity contribution in [1.29, 1.82) is 0 Å². The van der Waals surface area contributed by atoms with Gasteiger partial charge in [0.1, 0.15) is 22.3 Å². The maximum absolute atomic E-state index is 6.65. The van der Waals surface area contributed by atoms with Gasteiger partial charge in [0.15, 0.2) is 17.5 Å². The third kappa shape index (κ3) is 5.35. The molecule has 0 aliphatic carbocycles. The first-order valence-corrected chi connectivity index (χ1v) is 18.5. The number of rotatable bonds is 6. The Labute approximate surface area is 321 Å². The predicted molar refractivity (Wildman–Crippen MR) is 225 cm³/mol. The third-order valence-corrected chi connectivity index (χ3v) is 10.5. The van der Waals surface area contributed by atoms with Crippen LogP contribution in [0, 0.1) is 0 Å². The molecule has 0 saturated carbocycles. The van der Waals surface area contributed by atoms with Crippen LogP contribution in [0.5, 0.6) is 0 Å². The maximum atomic E-state index is 6.65. The second kappa shape index (κ2) is 13.0. The lowest BCUT2D eigenvalue weighted by Gasteiger charge is -2.12. The molecule has 0 bridgehead atoms. The molecule has 56 heavy (non-hydrogen) atoms. The van der Waals surface area contributed by atoms with Crippen molar-refractivity contribution in [3.8, 4) is 67.5 Å². The number of para-hydroxylation sites is 2. The molecule has 6 heteroatoms. The van der Waals surface area contributed by atoms with Crippen molar-refractivity contribution >= 4 is 43.9 Å². The molecule has 0 saturated heterocycles. The monoisotopic (exact) mass is 718 g/mol. The van der Waals surface area contributed by atoms with Crippen LogP contribution in [0.15, 0.2) is 191 Å². The summed E-state index contributed by atoms with van der Waals surface area (Å²) in [6, 6.07) is 57.8. The van der Waals surface area contributed by atoms with E-state index in [2.05, 4.69) is 96.0 Å². The van der Waals surface area contributed by atoms with Gasteiger partial charge in [-0.3, -0.25) is 4.98 Å². The van der Waals surface area contributed by atoms with Crippen LogP contribution in [-0.4, -0.2) is 19.9 Å². The maximum Gasteiger partial charge on any atom is 0.164 e. The third-order valence-electron chi connectivity index (χ3n) is 10.5. The number of hydrogen-bond acceptors (Lipinski definition) is 6. The van der Waals surface area contributed by atoms with Crippen LogP contribution in [-0.2, 0) is 0 Å². The number of fused-ring (bicyclic) bond motifs is 6. The summed E-state index contributed by atoms with van der Waals surface area (Å²) in [6.45, 7) is 0. The Morgan fingerprint density at radius 1 is 0.339 bits per heavy atom. The molecule has 0 aliphatic rings. The second-order valence-electron chi connectivity index (χ2n) is 13.8. The molecule has 0 radical (unpaired) electrons. The van der Waals surface area contributed by atoms with Crippen molar-refractivity contribution in [2.75, 3.05) is 0 Å². The van der Waals surface area contributed by atoms with Crippen molar-refractivity contribution in [3.63, 3.8) is 0 Å². The average molecular weight is 719 g/mol. The zero-order valence-corrected chi connectivity index (χ0v) is 29.9. The Hall–Kier alpha value is -7.70. The Bertz CT molecular complexity index is 3240. The zero-order chi connectivity index (χ0) is 37.0.